The van der Waals surface area contributed by atoms with E-state index in [9.17, 15) is 13.6 Å². The third-order valence-corrected chi connectivity index (χ3v) is 3.51. The average Bonchev–Trinajstić information content (AvgIpc) is 2.58. The summed E-state index contributed by atoms with van der Waals surface area (Å²) in [6.45, 7) is 1.97. The van der Waals surface area contributed by atoms with E-state index in [-0.39, 0.29) is 5.56 Å². The number of hydrogen-bond donors (Lipinski definition) is 2. The highest BCUT2D eigenvalue weighted by atomic mass is 19.1. The lowest BCUT2D eigenvalue weighted by molar-refractivity contribution is 0.102. The molecule has 0 saturated heterocycles. The molecule has 0 aliphatic rings. The topological polar surface area (TPSA) is 54.0 Å². The van der Waals surface area contributed by atoms with Crippen molar-refractivity contribution in [2.45, 2.75) is 6.92 Å². The third kappa shape index (κ3) is 3.98. The number of rotatable bonds is 4. The number of nitrogens with one attached hydrogen (secondary N) is 2. The molecule has 1 amide bonds. The quantitative estimate of drug-likeness (QED) is 0.727. The van der Waals surface area contributed by atoms with Crippen LogP contribution >= 0.6 is 0 Å². The first-order valence-corrected chi connectivity index (χ1v) is 7.57. The van der Waals surface area contributed by atoms with Gasteiger partial charge < -0.3 is 10.6 Å². The maximum Gasteiger partial charge on any atom is 0.257 e. The van der Waals surface area contributed by atoms with Gasteiger partial charge in [0.25, 0.3) is 5.91 Å². The van der Waals surface area contributed by atoms with E-state index in [0.29, 0.717) is 5.69 Å². The molecule has 1 aromatic heterocycles. The summed E-state index contributed by atoms with van der Waals surface area (Å²) in [5, 5.41) is 5.37. The number of amides is 1. The van der Waals surface area contributed by atoms with Gasteiger partial charge in [-0.15, -0.1) is 0 Å². The number of para-hydroxylation sites is 1. The summed E-state index contributed by atoms with van der Waals surface area (Å²) in [6.07, 6.45) is 2.89. The van der Waals surface area contributed by atoms with Gasteiger partial charge in [0.1, 0.15) is 17.3 Å². The zero-order chi connectivity index (χ0) is 17.8. The lowest BCUT2D eigenvalue weighted by atomic mass is 10.2. The molecule has 0 saturated carbocycles. The van der Waals surface area contributed by atoms with E-state index in [1.54, 1.807) is 12.3 Å². The van der Waals surface area contributed by atoms with Gasteiger partial charge in [0, 0.05) is 11.9 Å². The Kier molecular flexibility index (Phi) is 4.70. The third-order valence-electron chi connectivity index (χ3n) is 3.51. The Morgan fingerprint density at radius 2 is 1.68 bits per heavy atom. The first-order chi connectivity index (χ1) is 12.0. The number of benzene rings is 2. The molecule has 3 rings (SSSR count). The fourth-order valence-electron chi connectivity index (χ4n) is 2.32. The van der Waals surface area contributed by atoms with Crippen molar-refractivity contribution in [3.05, 3.63) is 83.7 Å². The number of carbonyl (C=O) groups is 1. The SMILES string of the molecule is Cc1cccc(Nc2cncc(C(=O)Nc3c(F)cccc3F)c2)c1. The lowest BCUT2D eigenvalue weighted by Gasteiger charge is -2.10. The van der Waals surface area contributed by atoms with Gasteiger partial charge in [0.15, 0.2) is 0 Å². The van der Waals surface area contributed by atoms with E-state index in [4.69, 9.17) is 0 Å². The first kappa shape index (κ1) is 16.6. The van der Waals surface area contributed by atoms with Crippen LogP contribution < -0.4 is 10.6 Å². The van der Waals surface area contributed by atoms with Gasteiger partial charge in [0.05, 0.1) is 17.4 Å². The summed E-state index contributed by atoms with van der Waals surface area (Å²) < 4.78 is 27.3. The van der Waals surface area contributed by atoms with E-state index in [0.717, 1.165) is 23.4 Å². The first-order valence-electron chi connectivity index (χ1n) is 7.57. The normalized spacial score (nSPS) is 10.4. The standard InChI is InChI=1S/C19H15F2N3O/c1-12-4-2-5-14(8-12)23-15-9-13(10-22-11-15)19(25)24-18-16(20)6-3-7-17(18)21/h2-11,23H,1H3,(H,24,25). The van der Waals surface area contributed by atoms with Crippen LogP contribution in [0.3, 0.4) is 0 Å². The molecule has 3 aromatic rings. The van der Waals surface area contributed by atoms with Gasteiger partial charge in [0.2, 0.25) is 0 Å². The molecule has 0 fully saturated rings. The molecule has 0 radical (unpaired) electrons. The van der Waals surface area contributed by atoms with Crippen LogP contribution in [-0.2, 0) is 0 Å². The smallest absolute Gasteiger partial charge is 0.257 e. The molecule has 0 bridgehead atoms. The highest BCUT2D eigenvalue weighted by Gasteiger charge is 2.14. The predicted octanol–water partition coefficient (Wildman–Crippen LogP) is 4.66. The highest BCUT2D eigenvalue weighted by molar-refractivity contribution is 6.04. The molecule has 0 unspecified atom stereocenters. The van der Waals surface area contributed by atoms with E-state index in [1.165, 1.54) is 12.3 Å². The minimum absolute atomic E-state index is 0.181. The molecule has 6 heteroatoms. The maximum atomic E-state index is 13.6. The van der Waals surface area contributed by atoms with E-state index < -0.39 is 23.2 Å². The Morgan fingerprint density at radius 1 is 0.960 bits per heavy atom. The van der Waals surface area contributed by atoms with E-state index >= 15 is 0 Å². The van der Waals surface area contributed by atoms with Crippen molar-refractivity contribution in [2.24, 2.45) is 0 Å². The Labute approximate surface area is 143 Å². The number of pyridine rings is 1. The van der Waals surface area contributed by atoms with Crippen molar-refractivity contribution in [1.82, 2.24) is 4.98 Å². The molecule has 2 aromatic carbocycles. The van der Waals surface area contributed by atoms with Gasteiger partial charge in [-0.3, -0.25) is 9.78 Å². The number of nitrogens with zero attached hydrogens (tertiary/aromatic N) is 1. The van der Waals surface area contributed by atoms with Crippen LogP contribution in [0, 0.1) is 18.6 Å². The second-order valence-electron chi connectivity index (χ2n) is 5.51. The molecule has 0 aliphatic heterocycles. The number of halogens is 2. The number of aromatic nitrogens is 1. The van der Waals surface area contributed by atoms with E-state index in [1.807, 2.05) is 31.2 Å². The van der Waals surface area contributed by atoms with Gasteiger partial charge in [-0.05, 0) is 42.8 Å². The fourth-order valence-corrected chi connectivity index (χ4v) is 2.32. The number of anilines is 3. The summed E-state index contributed by atoms with van der Waals surface area (Å²) in [4.78, 5) is 16.3. The van der Waals surface area contributed by atoms with Crippen LogP contribution in [-0.4, -0.2) is 10.9 Å². The maximum absolute atomic E-state index is 13.6. The molecule has 2 N–H and O–H groups in total. The van der Waals surface area contributed by atoms with Crippen LogP contribution in [0.5, 0.6) is 0 Å². The largest absolute Gasteiger partial charge is 0.354 e. The fraction of sp³-hybridized carbons (Fsp3) is 0.0526. The average molecular weight is 339 g/mol. The van der Waals surface area contributed by atoms with Crippen LogP contribution in [0.15, 0.2) is 60.9 Å². The lowest BCUT2D eigenvalue weighted by Crippen LogP contribution is -2.14. The van der Waals surface area contributed by atoms with Gasteiger partial charge in [-0.2, -0.15) is 0 Å². The second kappa shape index (κ2) is 7.09. The molecule has 1 heterocycles. The Bertz CT molecular complexity index is 908. The zero-order valence-electron chi connectivity index (χ0n) is 13.4. The van der Waals surface area contributed by atoms with Crippen molar-refractivity contribution in [3.63, 3.8) is 0 Å². The van der Waals surface area contributed by atoms with Crippen LogP contribution in [0.2, 0.25) is 0 Å². The zero-order valence-corrected chi connectivity index (χ0v) is 13.4. The van der Waals surface area contributed by atoms with Crippen LogP contribution in [0.1, 0.15) is 15.9 Å². The van der Waals surface area contributed by atoms with Crippen LogP contribution in [0.4, 0.5) is 25.8 Å². The van der Waals surface area contributed by atoms with Crippen molar-refractivity contribution >= 4 is 23.0 Å². The van der Waals surface area contributed by atoms with Gasteiger partial charge in [-0.25, -0.2) is 8.78 Å². The summed E-state index contributed by atoms with van der Waals surface area (Å²) in [6, 6.07) is 12.6. The van der Waals surface area contributed by atoms with E-state index in [2.05, 4.69) is 15.6 Å². The number of hydrogen-bond acceptors (Lipinski definition) is 3. The van der Waals surface area contributed by atoms with Gasteiger partial charge >= 0.3 is 0 Å². The second-order valence-corrected chi connectivity index (χ2v) is 5.51. The molecule has 4 nitrogen and oxygen atoms in total. The summed E-state index contributed by atoms with van der Waals surface area (Å²) in [5.74, 6) is -2.32. The molecular weight excluding hydrogens is 324 g/mol. The summed E-state index contributed by atoms with van der Waals surface area (Å²) >= 11 is 0. The van der Waals surface area contributed by atoms with Crippen molar-refractivity contribution in [2.75, 3.05) is 10.6 Å². The summed E-state index contributed by atoms with van der Waals surface area (Å²) in [5.41, 5.74) is 2.22. The predicted molar refractivity (Wildman–Crippen MR) is 93.0 cm³/mol. The Balaban J connectivity index is 1.80. The Morgan fingerprint density at radius 3 is 2.40 bits per heavy atom. The minimum atomic E-state index is -0.838. The molecule has 0 atom stereocenters. The minimum Gasteiger partial charge on any atom is -0.354 e. The highest BCUT2D eigenvalue weighted by Crippen LogP contribution is 2.21. The van der Waals surface area contributed by atoms with Gasteiger partial charge in [-0.1, -0.05) is 18.2 Å². The molecular formula is C19H15F2N3O. The van der Waals surface area contributed by atoms with Crippen molar-refractivity contribution in [3.8, 4) is 0 Å². The number of carbonyl (C=O) groups excluding carboxylic acids is 1. The molecule has 126 valence electrons. The Hall–Kier alpha value is -3.28. The number of aryl methyl sites for hydroxylation is 1. The molecule has 0 spiro atoms. The monoisotopic (exact) mass is 339 g/mol. The summed E-state index contributed by atoms with van der Waals surface area (Å²) in [7, 11) is 0. The molecule has 25 heavy (non-hydrogen) atoms. The molecule has 0 aliphatic carbocycles. The van der Waals surface area contributed by atoms with Crippen LogP contribution in [0.25, 0.3) is 0 Å². The van der Waals surface area contributed by atoms with Crippen molar-refractivity contribution in [1.29, 1.82) is 0 Å². The van der Waals surface area contributed by atoms with Crippen molar-refractivity contribution < 1.29 is 13.6 Å².